The van der Waals surface area contributed by atoms with E-state index in [1.807, 2.05) is 19.1 Å². The quantitative estimate of drug-likeness (QED) is 0.671. The first kappa shape index (κ1) is 18.3. The molecule has 1 N–H and O–H groups in total. The second-order valence-corrected chi connectivity index (χ2v) is 7.26. The van der Waals surface area contributed by atoms with Gasteiger partial charge in [-0.3, -0.25) is 4.79 Å². The molecule has 0 bridgehead atoms. The topological polar surface area (TPSA) is 76.7 Å². The van der Waals surface area contributed by atoms with E-state index in [9.17, 15) is 14.7 Å². The molecule has 5 nitrogen and oxygen atoms in total. The van der Waals surface area contributed by atoms with Crippen molar-refractivity contribution in [2.45, 2.75) is 38.0 Å². The summed E-state index contributed by atoms with van der Waals surface area (Å²) in [6.07, 6.45) is 2.38. The number of hydrogen-bond acceptors (Lipinski definition) is 4. The van der Waals surface area contributed by atoms with Crippen molar-refractivity contribution in [3.63, 3.8) is 0 Å². The van der Waals surface area contributed by atoms with E-state index in [1.54, 1.807) is 13.2 Å². The van der Waals surface area contributed by atoms with E-state index < -0.39 is 5.97 Å². The van der Waals surface area contributed by atoms with Gasteiger partial charge in [0.05, 0.1) is 18.1 Å². The first-order chi connectivity index (χ1) is 13.5. The molecule has 1 aromatic heterocycles. The number of carbonyl (C=O) groups is 1. The van der Waals surface area contributed by atoms with Gasteiger partial charge in [0.2, 0.25) is 0 Å². The normalized spacial score (nSPS) is 18.2. The molecule has 2 atom stereocenters. The molecule has 1 saturated carbocycles. The minimum Gasteiger partial charge on any atom is -0.497 e. The molecule has 1 heterocycles. The lowest BCUT2D eigenvalue weighted by Gasteiger charge is -2.10. The van der Waals surface area contributed by atoms with Crippen molar-refractivity contribution in [3.05, 3.63) is 75.1 Å². The van der Waals surface area contributed by atoms with Crippen LogP contribution in [0.2, 0.25) is 0 Å². The maximum absolute atomic E-state index is 13.1. The van der Waals surface area contributed by atoms with Crippen molar-refractivity contribution in [2.24, 2.45) is 0 Å². The van der Waals surface area contributed by atoms with Crippen LogP contribution in [0.5, 0.6) is 5.75 Å². The second kappa shape index (κ2) is 7.15. The molecule has 1 aliphatic rings. The molecule has 3 aromatic rings. The zero-order valence-electron chi connectivity index (χ0n) is 15.9. The van der Waals surface area contributed by atoms with Crippen molar-refractivity contribution < 1.29 is 19.1 Å². The van der Waals surface area contributed by atoms with Crippen LogP contribution in [0.3, 0.4) is 0 Å². The Labute approximate surface area is 162 Å². The maximum Gasteiger partial charge on any atom is 0.335 e. The summed E-state index contributed by atoms with van der Waals surface area (Å²) >= 11 is 0. The molecule has 1 aliphatic carbocycles. The van der Waals surface area contributed by atoms with E-state index in [1.165, 1.54) is 17.7 Å². The van der Waals surface area contributed by atoms with Gasteiger partial charge in [0, 0.05) is 11.5 Å². The Kier molecular flexibility index (Phi) is 4.67. The zero-order valence-corrected chi connectivity index (χ0v) is 15.9. The molecule has 144 valence electrons. The maximum atomic E-state index is 13.1. The highest BCUT2D eigenvalue weighted by molar-refractivity contribution is 5.92. The van der Waals surface area contributed by atoms with Crippen molar-refractivity contribution in [2.75, 3.05) is 7.11 Å². The number of carboxylic acids is 1. The molecule has 0 spiro atoms. The van der Waals surface area contributed by atoms with Crippen molar-refractivity contribution >= 4 is 16.9 Å². The second-order valence-electron chi connectivity index (χ2n) is 7.26. The third-order valence-electron chi connectivity index (χ3n) is 5.43. The van der Waals surface area contributed by atoms with Crippen LogP contribution in [0.1, 0.15) is 58.8 Å². The van der Waals surface area contributed by atoms with Crippen molar-refractivity contribution in [3.8, 4) is 5.75 Å². The van der Waals surface area contributed by atoms with Gasteiger partial charge in [0.15, 0.2) is 5.43 Å². The van der Waals surface area contributed by atoms with Gasteiger partial charge in [-0.05, 0) is 54.7 Å². The van der Waals surface area contributed by atoms with Crippen molar-refractivity contribution in [1.82, 2.24) is 0 Å². The van der Waals surface area contributed by atoms with E-state index in [0.29, 0.717) is 28.9 Å². The largest absolute Gasteiger partial charge is 0.497 e. The van der Waals surface area contributed by atoms with Crippen LogP contribution in [-0.4, -0.2) is 18.2 Å². The summed E-state index contributed by atoms with van der Waals surface area (Å²) in [5.41, 5.74) is 2.32. The van der Waals surface area contributed by atoms with Crippen LogP contribution in [0, 0.1) is 0 Å². The van der Waals surface area contributed by atoms with Crippen LogP contribution in [0.15, 0.2) is 51.7 Å². The van der Waals surface area contributed by atoms with Gasteiger partial charge in [-0.2, -0.15) is 0 Å². The Bertz CT molecular complexity index is 1090. The van der Waals surface area contributed by atoms with Gasteiger partial charge in [-0.1, -0.05) is 25.5 Å². The molecule has 2 unspecified atom stereocenters. The highest BCUT2D eigenvalue weighted by Crippen LogP contribution is 2.55. The predicted molar refractivity (Wildman–Crippen MR) is 107 cm³/mol. The molecule has 1 fully saturated rings. The highest BCUT2D eigenvalue weighted by atomic mass is 16.5. The molecule has 0 saturated heterocycles. The number of methoxy groups -OCH3 is 1. The Hall–Kier alpha value is -3.08. The molecule has 0 radical (unpaired) electrons. The average Bonchev–Trinajstić information content (AvgIpc) is 3.50. The lowest BCUT2D eigenvalue weighted by molar-refractivity contribution is 0.0697. The molecule has 0 amide bonds. The number of ether oxygens (including phenoxy) is 1. The molecule has 0 aliphatic heterocycles. The molecular formula is C23H22O5. The van der Waals surface area contributed by atoms with Gasteiger partial charge in [0.1, 0.15) is 17.1 Å². The molecular weight excluding hydrogens is 356 g/mol. The Morgan fingerprint density at radius 2 is 1.93 bits per heavy atom. The van der Waals surface area contributed by atoms with E-state index in [-0.39, 0.29) is 16.9 Å². The molecule has 5 heteroatoms. The number of fused-ring (bicyclic) bond motifs is 1. The van der Waals surface area contributed by atoms with Crippen LogP contribution in [0.4, 0.5) is 0 Å². The Balaban J connectivity index is 1.76. The fourth-order valence-corrected chi connectivity index (χ4v) is 3.87. The standard InChI is InChI=1S/C23H22O5/c1-3-4-16-21(24)19-11-14(23(25)26)7-10-20(19)28-22(16)18-12-17(18)13-5-8-15(27-2)9-6-13/h5-11,17-18H,3-4,12H2,1-2H3,(H,25,26). The van der Waals surface area contributed by atoms with E-state index in [2.05, 4.69) is 12.1 Å². The fraction of sp³-hybridized carbons (Fsp3) is 0.304. The van der Waals surface area contributed by atoms with Gasteiger partial charge in [-0.25, -0.2) is 4.79 Å². The molecule has 4 rings (SSSR count). The van der Waals surface area contributed by atoms with Gasteiger partial charge >= 0.3 is 5.97 Å². The minimum atomic E-state index is -1.05. The van der Waals surface area contributed by atoms with Crippen LogP contribution in [0.25, 0.3) is 11.0 Å². The fourth-order valence-electron chi connectivity index (χ4n) is 3.87. The summed E-state index contributed by atoms with van der Waals surface area (Å²) < 4.78 is 11.4. The summed E-state index contributed by atoms with van der Waals surface area (Å²) in [5.74, 6) is 1.01. The zero-order chi connectivity index (χ0) is 19.8. The predicted octanol–water partition coefficient (Wildman–Crippen LogP) is 4.72. The van der Waals surface area contributed by atoms with E-state index in [4.69, 9.17) is 9.15 Å². The number of aromatic carboxylic acids is 1. The smallest absolute Gasteiger partial charge is 0.335 e. The van der Waals surface area contributed by atoms with Gasteiger partial charge in [-0.15, -0.1) is 0 Å². The first-order valence-corrected chi connectivity index (χ1v) is 9.50. The average molecular weight is 378 g/mol. The molecule has 2 aromatic carbocycles. The van der Waals surface area contributed by atoms with Gasteiger partial charge < -0.3 is 14.3 Å². The first-order valence-electron chi connectivity index (χ1n) is 9.50. The number of benzene rings is 2. The van der Waals surface area contributed by atoms with Crippen LogP contribution >= 0.6 is 0 Å². The Morgan fingerprint density at radius 1 is 1.18 bits per heavy atom. The monoisotopic (exact) mass is 378 g/mol. The van der Waals surface area contributed by atoms with E-state index in [0.717, 1.165) is 24.4 Å². The third-order valence-corrected chi connectivity index (χ3v) is 5.43. The number of rotatable bonds is 6. The van der Waals surface area contributed by atoms with E-state index >= 15 is 0 Å². The number of hydrogen-bond donors (Lipinski definition) is 1. The third kappa shape index (κ3) is 3.17. The van der Waals surface area contributed by atoms with Gasteiger partial charge in [0.25, 0.3) is 0 Å². The summed E-state index contributed by atoms with van der Waals surface area (Å²) in [6, 6.07) is 12.5. The number of carboxylic acid groups (broad SMARTS) is 1. The minimum absolute atomic E-state index is 0.0949. The molecule has 28 heavy (non-hydrogen) atoms. The summed E-state index contributed by atoms with van der Waals surface area (Å²) in [7, 11) is 1.64. The van der Waals surface area contributed by atoms with Crippen LogP contribution < -0.4 is 10.2 Å². The summed E-state index contributed by atoms with van der Waals surface area (Å²) in [5, 5.41) is 9.56. The summed E-state index contributed by atoms with van der Waals surface area (Å²) in [6.45, 7) is 2.02. The highest BCUT2D eigenvalue weighted by Gasteiger charge is 2.43. The summed E-state index contributed by atoms with van der Waals surface area (Å²) in [4.78, 5) is 24.4. The Morgan fingerprint density at radius 3 is 2.57 bits per heavy atom. The SMILES string of the molecule is CCCc1c(C2CC2c2ccc(OC)cc2)oc2ccc(C(=O)O)cc2c1=O. The van der Waals surface area contributed by atoms with Crippen molar-refractivity contribution in [1.29, 1.82) is 0 Å². The van der Waals surface area contributed by atoms with Crippen LogP contribution in [-0.2, 0) is 6.42 Å². The lowest BCUT2D eigenvalue weighted by atomic mass is 10.0. The lowest BCUT2D eigenvalue weighted by Crippen LogP contribution is -2.13.